The molecule has 1 aliphatic rings. The third-order valence-electron chi connectivity index (χ3n) is 14.2. The van der Waals surface area contributed by atoms with E-state index in [-0.39, 0.29) is 266 Å². The number of hydrogen-bond donors (Lipinski definition) is 14. The average Bonchev–Trinajstić information content (AvgIpc) is 1.70. The van der Waals surface area contributed by atoms with E-state index >= 15 is 0 Å². The van der Waals surface area contributed by atoms with Gasteiger partial charge in [-0.15, -0.1) is 0 Å². The molecule has 1 fully saturated rings. The number of likely N-dealkylation sites (tertiary alicyclic amines) is 1. The van der Waals surface area contributed by atoms with Crippen molar-refractivity contribution in [3.05, 3.63) is 0 Å². The molecule has 10 amide bonds. The molecule has 1 heterocycles. The second-order valence-corrected chi connectivity index (χ2v) is 23.5. The zero-order chi connectivity index (χ0) is 81.7. The van der Waals surface area contributed by atoms with Gasteiger partial charge in [0.25, 0.3) is 0 Å². The quantitative estimate of drug-likeness (QED) is 0.0118. The fourth-order valence-electron chi connectivity index (χ4n) is 8.68. The van der Waals surface area contributed by atoms with Crippen molar-refractivity contribution >= 4 is 101 Å². The van der Waals surface area contributed by atoms with E-state index in [0.717, 1.165) is 4.90 Å². The minimum atomic E-state index is -1.66. The fourth-order valence-corrected chi connectivity index (χ4v) is 8.68. The molecule has 4 atom stereocenters. The van der Waals surface area contributed by atoms with E-state index in [0.29, 0.717) is 0 Å². The number of carboxylic acid groups (broad SMARTS) is 6. The Bertz CT molecular complexity index is 2680. The van der Waals surface area contributed by atoms with E-state index in [1.807, 2.05) is 0 Å². The summed E-state index contributed by atoms with van der Waals surface area (Å²) in [5.41, 5.74) is -1.41. The van der Waals surface area contributed by atoms with Gasteiger partial charge in [0.2, 0.25) is 41.4 Å². The molecule has 46 nitrogen and oxygen atoms in total. The highest BCUT2D eigenvalue weighted by atomic mass is 16.6. The van der Waals surface area contributed by atoms with Gasteiger partial charge in [-0.1, -0.05) is 6.92 Å². The predicted molar refractivity (Wildman–Crippen MR) is 364 cm³/mol. The first-order chi connectivity index (χ1) is 52.5. The molecular weight excluding hydrogens is 1490 g/mol. The van der Waals surface area contributed by atoms with Gasteiger partial charge in [-0.3, -0.25) is 57.6 Å². The summed E-state index contributed by atoms with van der Waals surface area (Å²) < 4.78 is 76.7. The lowest BCUT2D eigenvalue weighted by Gasteiger charge is -2.32. The Hall–Kier alpha value is -9.81. The van der Waals surface area contributed by atoms with E-state index in [4.69, 9.17) is 97.0 Å². The standard InChI is InChI=1S/C64H103N9O37/c1-43-35-52(79)73(57(43)87)14-4-47(74)65-9-10-66-48(75)5-16-101-24-26-103-28-27-102-25-23-97-15-2-3-56(86)110-42-64(39-104-29-32-107-61(94)67-11-20-98-17-6-49(76)70-44(58(88)89)36-53(80)81,40-105-30-33-108-62(95)68-12-21-99-18-7-50(77)71-45(59(90)91)37-54(82)83)41-106-31-34-109-63(96)69-13-22-100-19-8-51(78)72-46(60(92)93)38-55(84)85/h43-46H,2-42H2,1H3,(H,65,74)(H,66,75)(H,67,94)(H,68,95)(H,69,96)(H,70,76)(H,71,77)(H,72,78)(H,80,81)(H,82,83)(H,84,85)(H,88,89)(H,90,91)(H,92,93). The van der Waals surface area contributed by atoms with Gasteiger partial charge in [0, 0.05) is 96.7 Å². The highest BCUT2D eigenvalue weighted by molar-refractivity contribution is 6.03. The maximum atomic E-state index is 13.2. The molecule has 0 aromatic rings. The number of alkyl carbamates (subject to hydrolysis) is 3. The van der Waals surface area contributed by atoms with Crippen LogP contribution in [0.5, 0.6) is 0 Å². The van der Waals surface area contributed by atoms with Crippen molar-refractivity contribution in [3.8, 4) is 0 Å². The topological polar surface area (TPSA) is 640 Å². The predicted octanol–water partition coefficient (Wildman–Crippen LogP) is -4.65. The maximum Gasteiger partial charge on any atom is 0.407 e. The first-order valence-corrected chi connectivity index (χ1v) is 34.8. The van der Waals surface area contributed by atoms with Crippen molar-refractivity contribution in [2.24, 2.45) is 11.3 Å². The second kappa shape index (κ2) is 61.0. The van der Waals surface area contributed by atoms with Crippen LogP contribution in [0, 0.1) is 11.3 Å². The van der Waals surface area contributed by atoms with Gasteiger partial charge < -0.3 is 139 Å². The number of carbonyl (C=O) groups excluding carboxylic acids is 11. The van der Waals surface area contributed by atoms with Gasteiger partial charge in [0.1, 0.15) is 44.6 Å². The molecule has 0 radical (unpaired) electrons. The third kappa shape index (κ3) is 53.1. The summed E-state index contributed by atoms with van der Waals surface area (Å²) in [5, 5.41) is 72.6. The molecule has 110 heavy (non-hydrogen) atoms. The van der Waals surface area contributed by atoms with Crippen LogP contribution >= 0.6 is 0 Å². The van der Waals surface area contributed by atoms with E-state index in [1.165, 1.54) is 0 Å². The molecule has 0 bridgehead atoms. The summed E-state index contributed by atoms with van der Waals surface area (Å²) >= 11 is 0. The number of hydrogen-bond acceptors (Lipinski definition) is 31. The molecule has 1 saturated heterocycles. The van der Waals surface area contributed by atoms with Crippen LogP contribution in [0.25, 0.3) is 0 Å². The Balaban J connectivity index is 2.85. The lowest BCUT2D eigenvalue weighted by atomic mass is 9.92. The molecule has 1 aliphatic heterocycles. The van der Waals surface area contributed by atoms with Crippen molar-refractivity contribution in [2.45, 2.75) is 95.7 Å². The number of esters is 1. The van der Waals surface area contributed by atoms with Crippen molar-refractivity contribution in [1.29, 1.82) is 0 Å². The van der Waals surface area contributed by atoms with Crippen LogP contribution in [0.3, 0.4) is 0 Å². The number of rotatable bonds is 69. The van der Waals surface area contributed by atoms with Crippen molar-refractivity contribution < 1.29 is 178 Å². The molecule has 46 heteroatoms. The Kier molecular flexibility index (Phi) is 54.5. The average molecular weight is 1590 g/mol. The van der Waals surface area contributed by atoms with Gasteiger partial charge in [-0.05, 0) is 6.42 Å². The largest absolute Gasteiger partial charge is 0.481 e. The zero-order valence-corrected chi connectivity index (χ0v) is 61.1. The minimum absolute atomic E-state index is 0.00258. The summed E-state index contributed by atoms with van der Waals surface area (Å²) in [7, 11) is 0. The van der Waals surface area contributed by atoms with E-state index in [1.54, 1.807) is 6.92 Å². The highest BCUT2D eigenvalue weighted by Gasteiger charge is 2.36. The molecule has 626 valence electrons. The number of amides is 10. The number of imide groups is 1. The lowest BCUT2D eigenvalue weighted by Crippen LogP contribution is -2.43. The molecule has 0 saturated carbocycles. The first-order valence-electron chi connectivity index (χ1n) is 34.8. The normalized spacial score (nSPS) is 13.8. The number of ether oxygens (including phenoxy) is 14. The summed E-state index contributed by atoms with van der Waals surface area (Å²) in [6.45, 7) is -1.26. The highest BCUT2D eigenvalue weighted by Crippen LogP contribution is 2.22. The number of aliphatic carboxylic acids is 6. The van der Waals surface area contributed by atoms with Crippen molar-refractivity contribution in [2.75, 3.05) is 198 Å². The van der Waals surface area contributed by atoms with Crippen LogP contribution in [0.1, 0.15) is 77.6 Å². The third-order valence-corrected chi connectivity index (χ3v) is 14.2. The smallest absolute Gasteiger partial charge is 0.407 e. The van der Waals surface area contributed by atoms with Gasteiger partial charge in [-0.2, -0.15) is 0 Å². The summed E-state index contributed by atoms with van der Waals surface area (Å²) in [4.78, 5) is 203. The van der Waals surface area contributed by atoms with Crippen LogP contribution in [0.2, 0.25) is 0 Å². The fraction of sp³-hybridized carbons (Fsp3) is 0.734. The number of nitrogens with one attached hydrogen (secondary N) is 8. The second-order valence-electron chi connectivity index (χ2n) is 23.5. The van der Waals surface area contributed by atoms with Crippen molar-refractivity contribution in [3.63, 3.8) is 0 Å². The van der Waals surface area contributed by atoms with Crippen LogP contribution in [-0.4, -0.2) is 353 Å². The van der Waals surface area contributed by atoms with Crippen molar-refractivity contribution in [1.82, 2.24) is 47.4 Å². The molecule has 0 aliphatic carbocycles. The summed E-state index contributed by atoms with van der Waals surface area (Å²) in [6.07, 6.45) is -6.08. The summed E-state index contributed by atoms with van der Waals surface area (Å²) in [6, 6.07) is -4.97. The Labute approximate surface area is 630 Å². The Morgan fingerprint density at radius 3 is 1.02 bits per heavy atom. The van der Waals surface area contributed by atoms with E-state index < -0.39 is 133 Å². The number of nitrogens with zero attached hydrogens (tertiary/aromatic N) is 1. The number of carbonyl (C=O) groups is 17. The minimum Gasteiger partial charge on any atom is -0.481 e. The molecule has 14 N–H and O–H groups in total. The zero-order valence-electron chi connectivity index (χ0n) is 61.1. The van der Waals surface area contributed by atoms with Gasteiger partial charge in [0.15, 0.2) is 0 Å². The molecule has 0 aromatic carbocycles. The van der Waals surface area contributed by atoms with E-state index in [9.17, 15) is 81.5 Å². The van der Waals surface area contributed by atoms with Gasteiger partial charge in [0.05, 0.1) is 150 Å². The molecule has 4 unspecified atom stereocenters. The molecule has 0 spiro atoms. The Morgan fingerprint density at radius 1 is 0.364 bits per heavy atom. The molecule has 1 rings (SSSR count). The maximum absolute atomic E-state index is 13.2. The SMILES string of the molecule is CC1CC(=O)N(CCC(=O)NCCNC(=O)CCOCCOCCOCCOCCCC(=O)OCC(COCCOC(=O)NCCOCCC(=O)NC(CC(=O)O)C(=O)O)(COCCOC(=O)NCCOCCC(=O)NC(CC(=O)O)C(=O)O)COCCOC(=O)NCCOCCC(=O)NC(CC(=O)O)C(=O)O)C1=O. The van der Waals surface area contributed by atoms with E-state index in [2.05, 4.69) is 42.5 Å². The van der Waals surface area contributed by atoms with Crippen LogP contribution in [0.15, 0.2) is 0 Å². The molecule has 0 aromatic heterocycles. The van der Waals surface area contributed by atoms with Crippen LogP contribution in [-0.2, 0) is 133 Å². The number of carboxylic acids is 6. The summed E-state index contributed by atoms with van der Waals surface area (Å²) in [5.74, 6) is -13.7. The van der Waals surface area contributed by atoms with Crippen LogP contribution < -0.4 is 42.5 Å². The Morgan fingerprint density at radius 2 is 0.682 bits per heavy atom. The van der Waals surface area contributed by atoms with Gasteiger partial charge >= 0.3 is 60.1 Å². The van der Waals surface area contributed by atoms with Gasteiger partial charge in [-0.25, -0.2) is 28.8 Å². The lowest BCUT2D eigenvalue weighted by molar-refractivity contribution is -0.157. The first kappa shape index (κ1) is 98.2. The molecular formula is C64H103N9O37. The monoisotopic (exact) mass is 1590 g/mol. The van der Waals surface area contributed by atoms with Crippen LogP contribution in [0.4, 0.5) is 14.4 Å².